The van der Waals surface area contributed by atoms with Crippen LogP contribution in [0.15, 0.2) is 18.2 Å². The average Bonchev–Trinajstić information content (AvgIpc) is 2.72. The molecule has 1 aromatic rings. The summed E-state index contributed by atoms with van der Waals surface area (Å²) in [6, 6.07) is 2.96. The van der Waals surface area contributed by atoms with Crippen molar-refractivity contribution < 1.29 is 41.0 Å². The highest BCUT2D eigenvalue weighted by atomic mass is 19.4. The molecule has 4 aliphatic rings. The topological polar surface area (TPSA) is 62.3 Å². The van der Waals surface area contributed by atoms with Gasteiger partial charge >= 0.3 is 12.2 Å². The Morgan fingerprint density at radius 1 is 1.12 bits per heavy atom. The summed E-state index contributed by atoms with van der Waals surface area (Å²) in [6.45, 7) is 0.0676. The highest BCUT2D eigenvalue weighted by Crippen LogP contribution is 2.42. The molecule has 4 fully saturated rings. The van der Waals surface area contributed by atoms with Crippen LogP contribution in [0, 0.1) is 5.92 Å². The number of piperidine rings is 1. The Labute approximate surface area is 192 Å². The number of ketones is 1. The van der Waals surface area contributed by atoms with Crippen LogP contribution < -0.4 is 9.64 Å². The van der Waals surface area contributed by atoms with Crippen molar-refractivity contribution in [3.8, 4) is 5.75 Å². The van der Waals surface area contributed by atoms with Crippen molar-refractivity contribution in [2.24, 2.45) is 5.92 Å². The Kier molecular flexibility index (Phi) is 5.61. The average molecular weight is 489 g/mol. The smallest absolute Gasteiger partial charge is 0.418 e. The third kappa shape index (κ3) is 4.51. The van der Waals surface area contributed by atoms with E-state index in [1.54, 1.807) is 9.80 Å². The first-order valence-corrected chi connectivity index (χ1v) is 11.2. The van der Waals surface area contributed by atoms with Gasteiger partial charge in [0.05, 0.1) is 43.5 Å². The molecular weight excluding hydrogens is 465 g/mol. The molecule has 0 aromatic heterocycles. The highest BCUT2D eigenvalue weighted by molar-refractivity contribution is 5.81. The number of ether oxygens (including phenoxy) is 2. The molecule has 1 aromatic carbocycles. The number of hydrogen-bond donors (Lipinski definition) is 0. The van der Waals surface area contributed by atoms with E-state index in [9.17, 15) is 31.5 Å². The molecule has 12 heteroatoms. The number of rotatable bonds is 3. The number of halogens is 5. The maximum atomic E-state index is 13.3. The van der Waals surface area contributed by atoms with E-state index in [1.807, 2.05) is 0 Å². The molecule has 0 saturated carbocycles. The van der Waals surface area contributed by atoms with Crippen LogP contribution >= 0.6 is 0 Å². The number of alkyl halides is 5. The summed E-state index contributed by atoms with van der Waals surface area (Å²) in [6.07, 6.45) is -4.03. The fourth-order valence-corrected chi connectivity index (χ4v) is 4.98. The minimum Gasteiger partial charge on any atom is -0.487 e. The molecule has 0 unspecified atom stereocenters. The van der Waals surface area contributed by atoms with Crippen LogP contribution in [0.5, 0.6) is 5.75 Å². The van der Waals surface area contributed by atoms with Gasteiger partial charge in [-0.2, -0.15) is 13.2 Å². The Morgan fingerprint density at radius 2 is 1.85 bits per heavy atom. The number of hydrogen-bond acceptors (Lipinski definition) is 5. The van der Waals surface area contributed by atoms with E-state index in [0.29, 0.717) is 25.9 Å². The SMILES string of the molecule is O=C1CO[C@H]2CCN(C(=O)N3CC(Oc4ccc(C(F)(F)F)c(N5CC(F)(F)C5)c4)C3)C[C@H]2C1. The summed E-state index contributed by atoms with van der Waals surface area (Å²) >= 11 is 0. The lowest BCUT2D eigenvalue weighted by atomic mass is 9.88. The van der Waals surface area contributed by atoms with Crippen molar-refractivity contribution >= 4 is 17.5 Å². The van der Waals surface area contributed by atoms with Gasteiger partial charge in [0.25, 0.3) is 5.92 Å². The lowest BCUT2D eigenvalue weighted by Crippen LogP contribution is -2.61. The summed E-state index contributed by atoms with van der Waals surface area (Å²) in [5.41, 5.74) is -1.33. The summed E-state index contributed by atoms with van der Waals surface area (Å²) in [5.74, 6) is -2.85. The van der Waals surface area contributed by atoms with E-state index in [4.69, 9.17) is 9.47 Å². The van der Waals surface area contributed by atoms with Crippen molar-refractivity contribution in [2.45, 2.75) is 37.1 Å². The fourth-order valence-electron chi connectivity index (χ4n) is 4.98. The molecule has 2 amide bonds. The van der Waals surface area contributed by atoms with Gasteiger partial charge in [0.2, 0.25) is 0 Å². The second-order valence-corrected chi connectivity index (χ2v) is 9.40. The van der Waals surface area contributed by atoms with Crippen LogP contribution in [0.2, 0.25) is 0 Å². The minimum atomic E-state index is -4.68. The molecular formula is C22H24F5N3O4. The quantitative estimate of drug-likeness (QED) is 0.611. The minimum absolute atomic E-state index is 0.00514. The summed E-state index contributed by atoms with van der Waals surface area (Å²) < 4.78 is 77.8. The lowest BCUT2D eigenvalue weighted by molar-refractivity contribution is -0.140. The van der Waals surface area contributed by atoms with Gasteiger partial charge in [-0.3, -0.25) is 4.79 Å². The van der Waals surface area contributed by atoms with Gasteiger partial charge in [0, 0.05) is 31.5 Å². The predicted octanol–water partition coefficient (Wildman–Crippen LogP) is 3.02. The Morgan fingerprint density at radius 3 is 2.53 bits per heavy atom. The first kappa shape index (κ1) is 23.1. The van der Waals surface area contributed by atoms with Crippen LogP contribution in [0.25, 0.3) is 0 Å². The first-order valence-electron chi connectivity index (χ1n) is 11.2. The number of nitrogens with zero attached hydrogens (tertiary/aromatic N) is 3. The number of benzene rings is 1. The van der Waals surface area contributed by atoms with Crippen LogP contribution in [-0.2, 0) is 15.7 Å². The van der Waals surface area contributed by atoms with E-state index in [-0.39, 0.29) is 55.0 Å². The maximum absolute atomic E-state index is 13.3. The maximum Gasteiger partial charge on any atom is 0.418 e. The summed E-state index contributed by atoms with van der Waals surface area (Å²) in [4.78, 5) is 28.7. The van der Waals surface area contributed by atoms with Crippen LogP contribution in [0.4, 0.5) is 32.4 Å². The normalized spacial score (nSPS) is 27.1. The molecule has 0 spiro atoms. The van der Waals surface area contributed by atoms with E-state index < -0.39 is 36.9 Å². The molecule has 7 nitrogen and oxygen atoms in total. The number of Topliss-reactive ketones (excluding diaryl/α,β-unsaturated/α-hetero) is 1. The number of urea groups is 1. The van der Waals surface area contributed by atoms with Crippen LogP contribution in [-0.4, -0.2) is 85.6 Å². The zero-order chi connectivity index (χ0) is 24.3. The van der Waals surface area contributed by atoms with E-state index in [0.717, 1.165) is 17.0 Å². The van der Waals surface area contributed by atoms with E-state index >= 15 is 0 Å². The highest BCUT2D eigenvalue weighted by Gasteiger charge is 2.47. The molecule has 4 saturated heterocycles. The van der Waals surface area contributed by atoms with Crippen LogP contribution in [0.3, 0.4) is 0 Å². The largest absolute Gasteiger partial charge is 0.487 e. The molecule has 0 N–H and O–H groups in total. The van der Waals surface area contributed by atoms with E-state index in [2.05, 4.69) is 0 Å². The molecule has 0 bridgehead atoms. The van der Waals surface area contributed by atoms with Gasteiger partial charge in [0.15, 0.2) is 5.78 Å². The summed E-state index contributed by atoms with van der Waals surface area (Å²) in [7, 11) is 0. The first-order chi connectivity index (χ1) is 16.0. The fraction of sp³-hybridized carbons (Fsp3) is 0.636. The van der Waals surface area contributed by atoms with Gasteiger partial charge in [-0.1, -0.05) is 0 Å². The van der Waals surface area contributed by atoms with Crippen molar-refractivity contribution in [3.05, 3.63) is 23.8 Å². The predicted molar refractivity (Wildman–Crippen MR) is 109 cm³/mol. The zero-order valence-corrected chi connectivity index (χ0v) is 18.2. The number of carbonyl (C=O) groups excluding carboxylic acids is 2. The second-order valence-electron chi connectivity index (χ2n) is 9.40. The van der Waals surface area contributed by atoms with Gasteiger partial charge in [-0.05, 0) is 18.6 Å². The van der Waals surface area contributed by atoms with Crippen molar-refractivity contribution in [1.29, 1.82) is 0 Å². The van der Waals surface area contributed by atoms with Gasteiger partial charge < -0.3 is 24.2 Å². The van der Waals surface area contributed by atoms with Crippen molar-refractivity contribution in [3.63, 3.8) is 0 Å². The Bertz CT molecular complexity index is 974. The summed E-state index contributed by atoms with van der Waals surface area (Å²) in [5, 5.41) is 0. The van der Waals surface area contributed by atoms with E-state index in [1.165, 1.54) is 6.07 Å². The number of carbonyl (C=O) groups is 2. The molecule has 0 radical (unpaired) electrons. The molecule has 4 aliphatic heterocycles. The number of likely N-dealkylation sites (tertiary alicyclic amines) is 2. The van der Waals surface area contributed by atoms with Gasteiger partial charge in [0.1, 0.15) is 18.5 Å². The molecule has 5 rings (SSSR count). The van der Waals surface area contributed by atoms with Crippen molar-refractivity contribution in [1.82, 2.24) is 9.80 Å². The Hall–Kier alpha value is -2.63. The monoisotopic (exact) mass is 489 g/mol. The number of amides is 2. The lowest BCUT2D eigenvalue weighted by Gasteiger charge is -2.45. The number of fused-ring (bicyclic) bond motifs is 1. The molecule has 186 valence electrons. The second kappa shape index (κ2) is 8.24. The standard InChI is InChI=1S/C22H24F5N3O4/c23-21(24)11-30(12-21)18-6-15(1-2-17(18)22(25,26)27)34-16-8-29(9-16)20(32)28-4-3-19-13(7-28)5-14(31)10-33-19/h1-2,6,13,16,19H,3-5,7-12H2/t13-,19+/m1/s1. The molecule has 0 aliphatic carbocycles. The van der Waals surface area contributed by atoms with Crippen molar-refractivity contribution in [2.75, 3.05) is 50.8 Å². The molecule has 4 heterocycles. The number of anilines is 1. The molecule has 34 heavy (non-hydrogen) atoms. The van der Waals surface area contributed by atoms with Crippen LogP contribution in [0.1, 0.15) is 18.4 Å². The zero-order valence-electron chi connectivity index (χ0n) is 18.2. The Balaban J connectivity index is 1.18. The third-order valence-electron chi connectivity index (χ3n) is 6.76. The third-order valence-corrected chi connectivity index (χ3v) is 6.76. The van der Waals surface area contributed by atoms with Gasteiger partial charge in [-0.15, -0.1) is 0 Å². The molecule has 2 atom stereocenters. The van der Waals surface area contributed by atoms with Gasteiger partial charge in [-0.25, -0.2) is 13.6 Å².